The van der Waals surface area contributed by atoms with E-state index < -0.39 is 0 Å². The minimum Gasteiger partial charge on any atom is -0.455 e. The molecule has 10 rings (SSSR count). The van der Waals surface area contributed by atoms with E-state index in [1.807, 2.05) is 12.1 Å². The highest BCUT2D eigenvalue weighted by atomic mass is 16.3. The first-order valence-electron chi connectivity index (χ1n) is 15.5. The molecule has 4 heteroatoms. The summed E-state index contributed by atoms with van der Waals surface area (Å²) in [6, 6.07) is 53.0. The van der Waals surface area contributed by atoms with Crippen molar-refractivity contribution in [1.82, 2.24) is 14.5 Å². The number of rotatable bonds is 3. The fraction of sp³-hybridized carbons (Fsp3) is 0. The lowest BCUT2D eigenvalue weighted by Crippen LogP contribution is -1.95. The second-order valence-corrected chi connectivity index (χ2v) is 11.8. The third-order valence-electron chi connectivity index (χ3n) is 9.18. The first kappa shape index (κ1) is 25.1. The van der Waals surface area contributed by atoms with Gasteiger partial charge in [0.15, 0.2) is 5.82 Å². The monoisotopic (exact) mass is 587 g/mol. The second kappa shape index (κ2) is 9.62. The van der Waals surface area contributed by atoms with Crippen molar-refractivity contribution in [2.24, 2.45) is 0 Å². The van der Waals surface area contributed by atoms with Crippen LogP contribution in [0.2, 0.25) is 0 Å². The van der Waals surface area contributed by atoms with Crippen molar-refractivity contribution in [3.63, 3.8) is 0 Å². The van der Waals surface area contributed by atoms with Gasteiger partial charge in [0.25, 0.3) is 0 Å². The summed E-state index contributed by atoms with van der Waals surface area (Å²) in [5.74, 6) is 0.648. The lowest BCUT2D eigenvalue weighted by Gasteiger charge is -2.10. The highest BCUT2D eigenvalue weighted by Gasteiger charge is 2.21. The van der Waals surface area contributed by atoms with E-state index in [0.717, 1.165) is 77.2 Å². The Kier molecular flexibility index (Phi) is 5.25. The summed E-state index contributed by atoms with van der Waals surface area (Å²) >= 11 is 0. The van der Waals surface area contributed by atoms with Gasteiger partial charge in [-0.25, -0.2) is 9.97 Å². The molecule has 0 radical (unpaired) electrons. The van der Waals surface area contributed by atoms with Crippen molar-refractivity contribution in [3.8, 4) is 28.3 Å². The van der Waals surface area contributed by atoms with Crippen LogP contribution in [0, 0.1) is 0 Å². The highest BCUT2D eigenvalue weighted by molar-refractivity contribution is 6.24. The molecule has 0 aliphatic heterocycles. The van der Waals surface area contributed by atoms with E-state index in [4.69, 9.17) is 14.4 Å². The molecule has 7 aromatic carbocycles. The van der Waals surface area contributed by atoms with Gasteiger partial charge in [0.1, 0.15) is 11.2 Å². The van der Waals surface area contributed by atoms with E-state index in [-0.39, 0.29) is 0 Å². The maximum absolute atomic E-state index is 6.93. The summed E-state index contributed by atoms with van der Waals surface area (Å²) in [5, 5.41) is 7.81. The van der Waals surface area contributed by atoms with Crippen LogP contribution in [0.15, 0.2) is 156 Å². The van der Waals surface area contributed by atoms with Gasteiger partial charge in [-0.3, -0.25) is 0 Å². The highest BCUT2D eigenvalue weighted by Crippen LogP contribution is 2.43. The summed E-state index contributed by atoms with van der Waals surface area (Å²) in [4.78, 5) is 10.3. The zero-order chi connectivity index (χ0) is 30.2. The smallest absolute Gasteiger partial charge is 0.164 e. The second-order valence-electron chi connectivity index (χ2n) is 11.8. The molecular weight excluding hydrogens is 562 g/mol. The number of para-hydroxylation sites is 4. The van der Waals surface area contributed by atoms with Gasteiger partial charge in [0.05, 0.1) is 33.2 Å². The molecule has 0 saturated carbocycles. The predicted octanol–water partition coefficient (Wildman–Crippen LogP) is 11.1. The minimum absolute atomic E-state index is 0.648. The van der Waals surface area contributed by atoms with E-state index in [1.165, 1.54) is 10.8 Å². The van der Waals surface area contributed by atoms with Crippen LogP contribution in [0.3, 0.4) is 0 Å². The van der Waals surface area contributed by atoms with Gasteiger partial charge in [-0.05, 0) is 59.3 Å². The standard InChI is InChI=1S/C42H25N3O/c1-2-13-29(14-3-1)45-36-20-9-7-16-33(36)38-37(45)24-23-31-30-17-10-18-34(40(30)46-41(31)38)42-43-35-19-8-6-15-32(35)39(44-42)28-22-21-26-11-4-5-12-27(26)25-28/h1-25H. The quantitative estimate of drug-likeness (QED) is 0.207. The maximum atomic E-state index is 6.93. The summed E-state index contributed by atoms with van der Waals surface area (Å²) in [6.45, 7) is 0. The Labute approximate surface area is 263 Å². The molecule has 214 valence electrons. The molecule has 0 bridgehead atoms. The molecule has 0 aliphatic carbocycles. The molecule has 0 amide bonds. The van der Waals surface area contributed by atoms with E-state index in [9.17, 15) is 0 Å². The van der Waals surface area contributed by atoms with Crippen LogP contribution < -0.4 is 0 Å². The summed E-state index contributed by atoms with van der Waals surface area (Å²) in [5.41, 5.74) is 8.80. The van der Waals surface area contributed by atoms with Crippen LogP contribution in [-0.2, 0) is 0 Å². The third kappa shape index (κ3) is 3.61. The van der Waals surface area contributed by atoms with E-state index >= 15 is 0 Å². The molecule has 0 fully saturated rings. The van der Waals surface area contributed by atoms with Crippen LogP contribution in [0.1, 0.15) is 0 Å². The molecule has 4 nitrogen and oxygen atoms in total. The molecule has 0 saturated heterocycles. The Morgan fingerprint density at radius 3 is 2.13 bits per heavy atom. The van der Waals surface area contributed by atoms with Crippen LogP contribution in [0.5, 0.6) is 0 Å². The SMILES string of the molecule is c1ccc(-n2c3ccccc3c3c4oc5c(-c6nc(-c7ccc8ccccc8c7)c7ccccc7n6)cccc5c4ccc32)cc1. The number of fused-ring (bicyclic) bond motifs is 9. The molecule has 0 unspecified atom stereocenters. The van der Waals surface area contributed by atoms with Crippen molar-refractivity contribution in [2.45, 2.75) is 0 Å². The van der Waals surface area contributed by atoms with Crippen LogP contribution in [-0.4, -0.2) is 14.5 Å². The topological polar surface area (TPSA) is 43.9 Å². The molecule has 0 aliphatic rings. The number of benzene rings is 7. The first-order chi connectivity index (χ1) is 22.8. The molecule has 3 aromatic heterocycles. The number of hydrogen-bond donors (Lipinski definition) is 0. The van der Waals surface area contributed by atoms with Gasteiger partial charge in [-0.2, -0.15) is 0 Å². The van der Waals surface area contributed by atoms with Crippen molar-refractivity contribution in [2.75, 3.05) is 0 Å². The third-order valence-corrected chi connectivity index (χ3v) is 9.18. The van der Waals surface area contributed by atoms with Gasteiger partial charge < -0.3 is 8.98 Å². The lowest BCUT2D eigenvalue weighted by molar-refractivity contribution is 0.673. The fourth-order valence-electron chi connectivity index (χ4n) is 7.09. The van der Waals surface area contributed by atoms with Gasteiger partial charge >= 0.3 is 0 Å². The molecular formula is C42H25N3O. The van der Waals surface area contributed by atoms with Crippen molar-refractivity contribution < 1.29 is 4.42 Å². The molecule has 0 atom stereocenters. The van der Waals surface area contributed by atoms with Gasteiger partial charge in [-0.1, -0.05) is 103 Å². The van der Waals surface area contributed by atoms with Crippen LogP contribution in [0.25, 0.3) is 93.8 Å². The largest absolute Gasteiger partial charge is 0.455 e. The van der Waals surface area contributed by atoms with Gasteiger partial charge in [0.2, 0.25) is 0 Å². The molecule has 10 aromatic rings. The average Bonchev–Trinajstić information content (AvgIpc) is 3.67. The summed E-state index contributed by atoms with van der Waals surface area (Å²) in [6.07, 6.45) is 0. The number of aromatic nitrogens is 3. The van der Waals surface area contributed by atoms with E-state index in [2.05, 4.69) is 144 Å². The Balaban J connectivity index is 1.25. The number of nitrogens with zero attached hydrogens (tertiary/aromatic N) is 3. The summed E-state index contributed by atoms with van der Waals surface area (Å²) < 4.78 is 9.25. The number of furan rings is 1. The van der Waals surface area contributed by atoms with Crippen molar-refractivity contribution >= 4 is 65.4 Å². The van der Waals surface area contributed by atoms with Crippen LogP contribution in [0.4, 0.5) is 0 Å². The maximum Gasteiger partial charge on any atom is 0.164 e. The van der Waals surface area contributed by atoms with Gasteiger partial charge in [-0.15, -0.1) is 0 Å². The zero-order valence-corrected chi connectivity index (χ0v) is 24.7. The van der Waals surface area contributed by atoms with Crippen molar-refractivity contribution in [1.29, 1.82) is 0 Å². The zero-order valence-electron chi connectivity index (χ0n) is 24.7. The van der Waals surface area contributed by atoms with E-state index in [0.29, 0.717) is 5.82 Å². The Morgan fingerprint density at radius 1 is 0.478 bits per heavy atom. The fourth-order valence-corrected chi connectivity index (χ4v) is 7.09. The van der Waals surface area contributed by atoms with Crippen LogP contribution >= 0.6 is 0 Å². The van der Waals surface area contributed by atoms with E-state index in [1.54, 1.807) is 0 Å². The van der Waals surface area contributed by atoms with Crippen molar-refractivity contribution in [3.05, 3.63) is 152 Å². The Hall–Kier alpha value is -6.26. The van der Waals surface area contributed by atoms with Gasteiger partial charge in [0, 0.05) is 32.8 Å². The predicted molar refractivity (Wildman–Crippen MR) is 190 cm³/mol. The average molecular weight is 588 g/mol. The Bertz CT molecular complexity index is 2810. The summed E-state index contributed by atoms with van der Waals surface area (Å²) in [7, 11) is 0. The molecule has 0 N–H and O–H groups in total. The Morgan fingerprint density at radius 2 is 1.22 bits per heavy atom. The molecule has 3 heterocycles. The normalized spacial score (nSPS) is 11.9. The molecule has 46 heavy (non-hydrogen) atoms. The lowest BCUT2D eigenvalue weighted by atomic mass is 10.0. The first-order valence-corrected chi connectivity index (χ1v) is 15.5. The molecule has 0 spiro atoms. The number of hydrogen-bond acceptors (Lipinski definition) is 3. The minimum atomic E-state index is 0.648.